The van der Waals surface area contributed by atoms with Crippen LogP contribution in [0.1, 0.15) is 12.0 Å². The van der Waals surface area contributed by atoms with Crippen LogP contribution in [0.2, 0.25) is 0 Å². The van der Waals surface area contributed by atoms with E-state index in [0.717, 1.165) is 18.6 Å². The van der Waals surface area contributed by atoms with E-state index in [-0.39, 0.29) is 36.3 Å². The van der Waals surface area contributed by atoms with Gasteiger partial charge in [0.1, 0.15) is 11.6 Å². The van der Waals surface area contributed by atoms with Crippen LogP contribution in [0, 0.1) is 11.6 Å². The van der Waals surface area contributed by atoms with Crippen LogP contribution in [-0.4, -0.2) is 29.9 Å². The van der Waals surface area contributed by atoms with Gasteiger partial charge < -0.3 is 10.6 Å². The number of carbonyl (C=O) groups excluding carboxylic acids is 1. The number of likely N-dealkylation sites (tertiary alicyclic amines) is 1. The molecule has 1 heterocycles. The maximum Gasteiger partial charge on any atom is 0.227 e. The zero-order valence-corrected chi connectivity index (χ0v) is 10.6. The Balaban J connectivity index is 0.00000162. The van der Waals surface area contributed by atoms with Gasteiger partial charge in [-0.2, -0.15) is 0 Å². The minimum absolute atomic E-state index is 0. The molecule has 1 aliphatic rings. The number of carbonyl (C=O) groups is 1. The van der Waals surface area contributed by atoms with Crippen LogP contribution in [-0.2, 0) is 11.2 Å². The molecule has 1 saturated heterocycles. The molecular formula is C12H15ClF2N2O. The van der Waals surface area contributed by atoms with E-state index in [0.29, 0.717) is 13.1 Å². The van der Waals surface area contributed by atoms with E-state index in [2.05, 4.69) is 0 Å². The molecule has 18 heavy (non-hydrogen) atoms. The van der Waals surface area contributed by atoms with E-state index in [9.17, 15) is 13.6 Å². The maximum atomic E-state index is 13.3. The molecule has 1 amide bonds. The topological polar surface area (TPSA) is 46.3 Å². The Morgan fingerprint density at radius 1 is 1.39 bits per heavy atom. The predicted octanol–water partition coefficient (Wildman–Crippen LogP) is 1.49. The largest absolute Gasteiger partial charge is 0.341 e. The Morgan fingerprint density at radius 2 is 2.00 bits per heavy atom. The SMILES string of the molecule is Cl.N[C@H]1CCN(C(=O)Cc2c(F)cccc2F)C1. The third-order valence-corrected chi connectivity index (χ3v) is 2.97. The highest BCUT2D eigenvalue weighted by atomic mass is 35.5. The summed E-state index contributed by atoms with van der Waals surface area (Å²) < 4.78 is 26.7. The van der Waals surface area contributed by atoms with Crippen LogP contribution in [0.3, 0.4) is 0 Å². The lowest BCUT2D eigenvalue weighted by molar-refractivity contribution is -0.129. The van der Waals surface area contributed by atoms with E-state index in [1.54, 1.807) is 4.90 Å². The molecule has 0 saturated carbocycles. The molecule has 3 nitrogen and oxygen atoms in total. The number of nitrogens with zero attached hydrogens (tertiary/aromatic N) is 1. The highest BCUT2D eigenvalue weighted by molar-refractivity contribution is 5.85. The van der Waals surface area contributed by atoms with Gasteiger partial charge in [-0.3, -0.25) is 4.79 Å². The molecule has 2 N–H and O–H groups in total. The summed E-state index contributed by atoms with van der Waals surface area (Å²) in [6.45, 7) is 1.03. The monoisotopic (exact) mass is 276 g/mol. The summed E-state index contributed by atoms with van der Waals surface area (Å²) in [4.78, 5) is 13.4. The average molecular weight is 277 g/mol. The Kier molecular flexibility index (Phi) is 5.04. The smallest absolute Gasteiger partial charge is 0.227 e. The molecule has 1 aliphatic heterocycles. The number of hydrogen-bond donors (Lipinski definition) is 1. The third-order valence-electron chi connectivity index (χ3n) is 2.97. The van der Waals surface area contributed by atoms with Gasteiger partial charge in [0.15, 0.2) is 0 Å². The Morgan fingerprint density at radius 3 is 2.50 bits per heavy atom. The first-order valence-corrected chi connectivity index (χ1v) is 5.54. The third kappa shape index (κ3) is 3.17. The van der Waals surface area contributed by atoms with Crippen LogP contribution in [0.25, 0.3) is 0 Å². The molecular weight excluding hydrogens is 262 g/mol. The van der Waals surface area contributed by atoms with Gasteiger partial charge in [0.2, 0.25) is 5.91 Å². The van der Waals surface area contributed by atoms with Crippen LogP contribution in [0.5, 0.6) is 0 Å². The van der Waals surface area contributed by atoms with Crippen molar-refractivity contribution in [2.75, 3.05) is 13.1 Å². The average Bonchev–Trinajstić information content (AvgIpc) is 2.70. The summed E-state index contributed by atoms with van der Waals surface area (Å²) >= 11 is 0. The van der Waals surface area contributed by atoms with E-state index >= 15 is 0 Å². The van der Waals surface area contributed by atoms with Gasteiger partial charge in [-0.05, 0) is 18.6 Å². The lowest BCUT2D eigenvalue weighted by Gasteiger charge is -2.16. The van der Waals surface area contributed by atoms with Gasteiger partial charge in [0, 0.05) is 24.7 Å². The molecule has 0 aliphatic carbocycles. The zero-order chi connectivity index (χ0) is 12.4. The molecule has 2 rings (SSSR count). The Hall–Kier alpha value is -1.20. The van der Waals surface area contributed by atoms with Gasteiger partial charge in [0.25, 0.3) is 0 Å². The molecule has 0 aromatic heterocycles. The van der Waals surface area contributed by atoms with Gasteiger partial charge in [-0.15, -0.1) is 12.4 Å². The van der Waals surface area contributed by atoms with Crippen LogP contribution >= 0.6 is 12.4 Å². The highest BCUT2D eigenvalue weighted by Crippen LogP contribution is 2.15. The predicted molar refractivity (Wildman–Crippen MR) is 66.5 cm³/mol. The first-order valence-electron chi connectivity index (χ1n) is 5.54. The summed E-state index contributed by atoms with van der Waals surface area (Å²) in [5, 5.41) is 0. The molecule has 1 atom stereocenters. The number of amides is 1. The summed E-state index contributed by atoms with van der Waals surface area (Å²) in [5.74, 6) is -1.63. The first-order chi connectivity index (χ1) is 8.08. The number of rotatable bonds is 2. The minimum atomic E-state index is -0.679. The van der Waals surface area contributed by atoms with Crippen LogP contribution in [0.15, 0.2) is 18.2 Å². The first kappa shape index (κ1) is 14.9. The van der Waals surface area contributed by atoms with Crippen molar-refractivity contribution >= 4 is 18.3 Å². The number of halogens is 3. The van der Waals surface area contributed by atoms with Crippen molar-refractivity contribution in [1.82, 2.24) is 4.90 Å². The van der Waals surface area contributed by atoms with Crippen molar-refractivity contribution in [2.24, 2.45) is 5.73 Å². The van der Waals surface area contributed by atoms with Gasteiger partial charge in [-0.25, -0.2) is 8.78 Å². The summed E-state index contributed by atoms with van der Waals surface area (Å²) in [5.41, 5.74) is 5.51. The molecule has 100 valence electrons. The number of benzene rings is 1. The maximum absolute atomic E-state index is 13.3. The van der Waals surface area contributed by atoms with Crippen LogP contribution in [0.4, 0.5) is 8.78 Å². The molecule has 0 unspecified atom stereocenters. The van der Waals surface area contributed by atoms with Crippen molar-refractivity contribution < 1.29 is 13.6 Å². The van der Waals surface area contributed by atoms with Gasteiger partial charge in [-0.1, -0.05) is 6.07 Å². The fourth-order valence-electron chi connectivity index (χ4n) is 1.98. The number of hydrogen-bond acceptors (Lipinski definition) is 2. The normalized spacial score (nSPS) is 18.6. The Bertz CT molecular complexity index is 422. The summed E-state index contributed by atoms with van der Waals surface area (Å²) in [7, 11) is 0. The van der Waals surface area contributed by atoms with Crippen molar-refractivity contribution in [2.45, 2.75) is 18.9 Å². The molecule has 0 spiro atoms. The van der Waals surface area contributed by atoms with E-state index in [1.165, 1.54) is 6.07 Å². The molecule has 1 aromatic rings. The van der Waals surface area contributed by atoms with Crippen molar-refractivity contribution in [1.29, 1.82) is 0 Å². The van der Waals surface area contributed by atoms with Crippen molar-refractivity contribution in [3.05, 3.63) is 35.4 Å². The molecule has 0 bridgehead atoms. The van der Waals surface area contributed by atoms with E-state index in [1.807, 2.05) is 0 Å². The standard InChI is InChI=1S/C12H14F2N2O.ClH/c13-10-2-1-3-11(14)9(10)6-12(17)16-5-4-8(15)7-16;/h1-3,8H,4-7,15H2;1H/t8-;/m0./s1. The lowest BCUT2D eigenvalue weighted by Crippen LogP contribution is -2.33. The lowest BCUT2D eigenvalue weighted by atomic mass is 10.1. The molecule has 0 radical (unpaired) electrons. The van der Waals surface area contributed by atoms with Crippen molar-refractivity contribution in [3.63, 3.8) is 0 Å². The Labute approximate surface area is 110 Å². The van der Waals surface area contributed by atoms with Crippen molar-refractivity contribution in [3.8, 4) is 0 Å². The van der Waals surface area contributed by atoms with E-state index < -0.39 is 11.6 Å². The van der Waals surface area contributed by atoms with Gasteiger partial charge in [0.05, 0.1) is 6.42 Å². The number of nitrogens with two attached hydrogens (primary N) is 1. The highest BCUT2D eigenvalue weighted by Gasteiger charge is 2.25. The molecule has 1 fully saturated rings. The van der Waals surface area contributed by atoms with Gasteiger partial charge >= 0.3 is 0 Å². The second kappa shape index (κ2) is 6.11. The fourth-order valence-corrected chi connectivity index (χ4v) is 1.98. The summed E-state index contributed by atoms with van der Waals surface area (Å²) in [6.07, 6.45) is 0.497. The minimum Gasteiger partial charge on any atom is -0.341 e. The zero-order valence-electron chi connectivity index (χ0n) is 9.73. The second-order valence-electron chi connectivity index (χ2n) is 4.27. The van der Waals surface area contributed by atoms with E-state index in [4.69, 9.17) is 5.73 Å². The fraction of sp³-hybridized carbons (Fsp3) is 0.417. The second-order valence-corrected chi connectivity index (χ2v) is 4.27. The summed E-state index contributed by atoms with van der Waals surface area (Å²) in [6, 6.07) is 3.57. The molecule has 6 heteroatoms. The quantitative estimate of drug-likeness (QED) is 0.890. The molecule has 1 aromatic carbocycles. The van der Waals surface area contributed by atoms with Crippen LogP contribution < -0.4 is 5.73 Å².